The van der Waals surface area contributed by atoms with Crippen LogP contribution in [0.1, 0.15) is 37.6 Å². The normalized spacial score (nSPS) is 17.1. The molecule has 1 unspecified atom stereocenters. The van der Waals surface area contributed by atoms with Crippen LogP contribution in [0.25, 0.3) is 0 Å². The highest BCUT2D eigenvalue weighted by Gasteiger charge is 2.35. The number of nitrogens with one attached hydrogen (secondary N) is 1. The molecule has 0 aromatic carbocycles. The van der Waals surface area contributed by atoms with E-state index in [1.807, 2.05) is 24.4 Å². The second-order valence-electron chi connectivity index (χ2n) is 4.93. The highest BCUT2D eigenvalue weighted by atomic mass is 32.1. The van der Waals surface area contributed by atoms with Crippen molar-refractivity contribution < 1.29 is 9.53 Å². The van der Waals surface area contributed by atoms with E-state index in [2.05, 4.69) is 22.3 Å². The second kappa shape index (κ2) is 6.31. The smallest absolute Gasteiger partial charge is 0.338 e. The fourth-order valence-corrected chi connectivity index (χ4v) is 3.44. The molecule has 0 spiro atoms. The van der Waals surface area contributed by atoms with Crippen molar-refractivity contribution in [1.82, 2.24) is 14.8 Å². The number of anilines is 1. The van der Waals surface area contributed by atoms with Crippen LogP contribution in [0.2, 0.25) is 0 Å². The Balaban J connectivity index is 2.13. The largest absolute Gasteiger partial charge is 0.463 e. The van der Waals surface area contributed by atoms with E-state index in [1.165, 1.54) is 6.33 Å². The molecule has 1 aliphatic heterocycles. The SMILES string of the molecule is CCCC1=C(C(=O)OCC)C(c2cccs2)n2ncnc2N1. The van der Waals surface area contributed by atoms with Crippen molar-refractivity contribution in [2.75, 3.05) is 11.9 Å². The summed E-state index contributed by atoms with van der Waals surface area (Å²) in [5.74, 6) is 0.368. The van der Waals surface area contributed by atoms with E-state index in [0.717, 1.165) is 23.4 Å². The monoisotopic (exact) mass is 318 g/mol. The Kier molecular flexibility index (Phi) is 4.24. The molecule has 0 aliphatic carbocycles. The molecule has 2 aromatic heterocycles. The van der Waals surface area contributed by atoms with Gasteiger partial charge in [0.25, 0.3) is 0 Å². The molecule has 0 saturated carbocycles. The molecule has 22 heavy (non-hydrogen) atoms. The van der Waals surface area contributed by atoms with Crippen molar-refractivity contribution in [2.24, 2.45) is 0 Å². The van der Waals surface area contributed by atoms with Gasteiger partial charge in [0.1, 0.15) is 12.4 Å². The van der Waals surface area contributed by atoms with Crippen LogP contribution in [0, 0.1) is 0 Å². The quantitative estimate of drug-likeness (QED) is 0.858. The van der Waals surface area contributed by atoms with Crippen LogP contribution in [0.4, 0.5) is 5.95 Å². The number of nitrogens with zero attached hydrogens (tertiary/aromatic N) is 3. The minimum Gasteiger partial charge on any atom is -0.463 e. The van der Waals surface area contributed by atoms with Crippen LogP contribution in [-0.2, 0) is 9.53 Å². The lowest BCUT2D eigenvalue weighted by molar-refractivity contribution is -0.139. The van der Waals surface area contributed by atoms with Gasteiger partial charge in [0, 0.05) is 10.6 Å². The third-order valence-electron chi connectivity index (χ3n) is 3.49. The molecule has 6 nitrogen and oxygen atoms in total. The number of hydrogen-bond acceptors (Lipinski definition) is 6. The zero-order valence-corrected chi connectivity index (χ0v) is 13.4. The minimum atomic E-state index is -0.294. The van der Waals surface area contributed by atoms with E-state index >= 15 is 0 Å². The van der Waals surface area contributed by atoms with Crippen LogP contribution >= 0.6 is 11.3 Å². The molecule has 0 amide bonds. The molecule has 3 rings (SSSR count). The number of ether oxygens (including phenoxy) is 1. The third-order valence-corrected chi connectivity index (χ3v) is 4.41. The lowest BCUT2D eigenvalue weighted by Crippen LogP contribution is -2.30. The summed E-state index contributed by atoms with van der Waals surface area (Å²) in [5, 5.41) is 9.52. The van der Waals surface area contributed by atoms with Crippen molar-refractivity contribution >= 4 is 23.3 Å². The standard InChI is InChI=1S/C15H18N4O2S/c1-3-6-10-12(14(20)21-4-2)13(11-7-5-8-22-11)19-15(18-10)16-9-17-19/h5,7-9,13H,3-4,6H2,1-2H3,(H,16,17,18). The van der Waals surface area contributed by atoms with Gasteiger partial charge >= 0.3 is 5.97 Å². The molecule has 1 atom stereocenters. The van der Waals surface area contributed by atoms with Gasteiger partial charge in [0.05, 0.1) is 12.2 Å². The Bertz CT molecular complexity index is 690. The van der Waals surface area contributed by atoms with Gasteiger partial charge in [-0.25, -0.2) is 9.48 Å². The lowest BCUT2D eigenvalue weighted by Gasteiger charge is -2.28. The first kappa shape index (κ1) is 14.8. The van der Waals surface area contributed by atoms with Crippen LogP contribution in [0.15, 0.2) is 35.1 Å². The number of fused-ring (bicyclic) bond motifs is 1. The average molecular weight is 318 g/mol. The maximum absolute atomic E-state index is 12.5. The summed E-state index contributed by atoms with van der Waals surface area (Å²) in [6.45, 7) is 4.25. The van der Waals surface area contributed by atoms with E-state index in [-0.39, 0.29) is 12.0 Å². The fourth-order valence-electron chi connectivity index (χ4n) is 2.62. The number of carbonyl (C=O) groups excluding carboxylic acids is 1. The number of carbonyl (C=O) groups is 1. The van der Waals surface area contributed by atoms with Crippen molar-refractivity contribution in [3.63, 3.8) is 0 Å². The van der Waals surface area contributed by atoms with Gasteiger partial charge in [-0.05, 0) is 24.8 Å². The van der Waals surface area contributed by atoms with Gasteiger partial charge < -0.3 is 10.1 Å². The molecule has 0 fully saturated rings. The topological polar surface area (TPSA) is 69.0 Å². The van der Waals surface area contributed by atoms with Crippen LogP contribution < -0.4 is 5.32 Å². The Labute approximate surface area is 132 Å². The number of aromatic nitrogens is 3. The van der Waals surface area contributed by atoms with Gasteiger partial charge in [0.2, 0.25) is 5.95 Å². The molecule has 1 N–H and O–H groups in total. The van der Waals surface area contributed by atoms with Crippen molar-refractivity contribution in [3.8, 4) is 0 Å². The Morgan fingerprint density at radius 1 is 1.50 bits per heavy atom. The highest BCUT2D eigenvalue weighted by Crippen LogP contribution is 2.38. The second-order valence-corrected chi connectivity index (χ2v) is 5.91. The molecule has 2 aromatic rings. The Hall–Kier alpha value is -2.15. The number of hydrogen-bond donors (Lipinski definition) is 1. The molecule has 1 aliphatic rings. The summed E-state index contributed by atoms with van der Waals surface area (Å²) < 4.78 is 7.03. The number of esters is 1. The molecule has 3 heterocycles. The summed E-state index contributed by atoms with van der Waals surface area (Å²) in [7, 11) is 0. The first-order valence-electron chi connectivity index (χ1n) is 7.36. The van der Waals surface area contributed by atoms with Crippen LogP contribution in [0.3, 0.4) is 0 Å². The average Bonchev–Trinajstić information content (AvgIpc) is 3.17. The van der Waals surface area contributed by atoms with E-state index in [0.29, 0.717) is 18.1 Å². The van der Waals surface area contributed by atoms with E-state index in [4.69, 9.17) is 4.74 Å². The predicted octanol–water partition coefficient (Wildman–Crippen LogP) is 2.97. The van der Waals surface area contributed by atoms with E-state index in [1.54, 1.807) is 16.0 Å². The number of rotatable bonds is 5. The molecule has 7 heteroatoms. The summed E-state index contributed by atoms with van der Waals surface area (Å²) in [5.41, 5.74) is 1.50. The number of allylic oxidation sites excluding steroid dienone is 1. The molecule has 0 bridgehead atoms. The van der Waals surface area contributed by atoms with Crippen LogP contribution in [0.5, 0.6) is 0 Å². The van der Waals surface area contributed by atoms with Gasteiger partial charge in [-0.3, -0.25) is 0 Å². The zero-order valence-electron chi connectivity index (χ0n) is 12.6. The van der Waals surface area contributed by atoms with Gasteiger partial charge in [0.15, 0.2) is 0 Å². The molecule has 0 radical (unpaired) electrons. The summed E-state index contributed by atoms with van der Waals surface area (Å²) in [4.78, 5) is 17.8. The number of thiophene rings is 1. The van der Waals surface area contributed by atoms with Crippen LogP contribution in [-0.4, -0.2) is 27.3 Å². The van der Waals surface area contributed by atoms with E-state index < -0.39 is 0 Å². The Morgan fingerprint density at radius 2 is 2.36 bits per heavy atom. The van der Waals surface area contributed by atoms with E-state index in [9.17, 15) is 4.79 Å². The van der Waals surface area contributed by atoms with Crippen molar-refractivity contribution in [1.29, 1.82) is 0 Å². The molecule has 116 valence electrons. The van der Waals surface area contributed by atoms with Crippen molar-refractivity contribution in [2.45, 2.75) is 32.7 Å². The zero-order chi connectivity index (χ0) is 15.5. The fraction of sp³-hybridized carbons (Fsp3) is 0.400. The predicted molar refractivity (Wildman–Crippen MR) is 84.7 cm³/mol. The molecular formula is C15H18N4O2S. The van der Waals surface area contributed by atoms with Gasteiger partial charge in [-0.1, -0.05) is 19.4 Å². The lowest BCUT2D eigenvalue weighted by atomic mass is 9.99. The third kappa shape index (κ3) is 2.52. The first-order valence-corrected chi connectivity index (χ1v) is 8.24. The van der Waals surface area contributed by atoms with Gasteiger partial charge in [-0.15, -0.1) is 11.3 Å². The summed E-state index contributed by atoms with van der Waals surface area (Å²) >= 11 is 1.60. The summed E-state index contributed by atoms with van der Waals surface area (Å²) in [6, 6.07) is 3.70. The molecule has 0 saturated heterocycles. The minimum absolute atomic E-state index is 0.278. The maximum Gasteiger partial charge on any atom is 0.338 e. The maximum atomic E-state index is 12.5. The highest BCUT2D eigenvalue weighted by molar-refractivity contribution is 7.10. The van der Waals surface area contributed by atoms with Crippen molar-refractivity contribution in [3.05, 3.63) is 40.0 Å². The first-order chi connectivity index (χ1) is 10.8. The van der Waals surface area contributed by atoms with Gasteiger partial charge in [-0.2, -0.15) is 10.1 Å². The Morgan fingerprint density at radius 3 is 3.05 bits per heavy atom. The summed E-state index contributed by atoms with van der Waals surface area (Å²) in [6.07, 6.45) is 3.19. The molecular weight excluding hydrogens is 300 g/mol.